The van der Waals surface area contributed by atoms with Crippen LogP contribution in [0.5, 0.6) is 0 Å². The van der Waals surface area contributed by atoms with Crippen molar-refractivity contribution in [1.82, 2.24) is 0 Å². The average molecular weight is 348 g/mol. The molecule has 1 saturated heterocycles. The van der Waals surface area contributed by atoms with Crippen LogP contribution < -0.4 is 0 Å². The van der Waals surface area contributed by atoms with Gasteiger partial charge in [0.1, 0.15) is 24.4 Å². The van der Waals surface area contributed by atoms with Crippen LogP contribution in [0.2, 0.25) is 0 Å². The summed E-state index contributed by atoms with van der Waals surface area (Å²) >= 11 is 0. The molecule has 0 aromatic heterocycles. The van der Waals surface area contributed by atoms with Gasteiger partial charge in [-0.15, -0.1) is 0 Å². The topological polar surface area (TPSA) is 66.4 Å². The third-order valence-corrected chi connectivity index (χ3v) is 3.48. The summed E-state index contributed by atoms with van der Waals surface area (Å²) in [5.41, 5.74) is 0. The van der Waals surface area contributed by atoms with E-state index in [1.165, 1.54) is 0 Å². The lowest BCUT2D eigenvalue weighted by atomic mass is 9.98. The highest BCUT2D eigenvalue weighted by Crippen LogP contribution is 2.29. The lowest BCUT2D eigenvalue weighted by Crippen LogP contribution is -2.62. The molecule has 0 aromatic rings. The fraction of sp³-hybridized carbons (Fsp3) is 1.00. The highest BCUT2D eigenvalue weighted by Gasteiger charge is 2.48. The van der Waals surface area contributed by atoms with Gasteiger partial charge in [0.2, 0.25) is 0 Å². The maximum atomic E-state index is 10.8. The molecule has 1 aliphatic heterocycles. The van der Waals surface area contributed by atoms with Crippen LogP contribution in [0.1, 0.15) is 55.4 Å². The van der Waals surface area contributed by atoms with Crippen molar-refractivity contribution < 1.29 is 28.8 Å². The molecule has 0 aliphatic carbocycles. The first-order valence-electron chi connectivity index (χ1n) is 9.03. The van der Waals surface area contributed by atoms with Gasteiger partial charge in [0.05, 0.1) is 31.0 Å². The predicted octanol–water partition coefficient (Wildman–Crippen LogP) is 2.51. The zero-order valence-corrected chi connectivity index (χ0v) is 16.4. The molecule has 1 fully saturated rings. The smallest absolute Gasteiger partial charge is 0.187 e. The van der Waals surface area contributed by atoms with Crippen LogP contribution in [-0.4, -0.2) is 66.8 Å². The quantitative estimate of drug-likeness (QED) is 0.691. The molecular weight excluding hydrogens is 312 g/mol. The van der Waals surface area contributed by atoms with Crippen molar-refractivity contribution >= 4 is 0 Å². The first-order valence-corrected chi connectivity index (χ1v) is 9.03. The Labute approximate surface area is 146 Å². The lowest BCUT2D eigenvalue weighted by Gasteiger charge is -2.45. The summed E-state index contributed by atoms with van der Waals surface area (Å²) in [7, 11) is 0. The number of aliphatic hydroxyl groups is 1. The maximum absolute atomic E-state index is 10.8. The molecule has 1 aliphatic rings. The second kappa shape index (κ2) is 10.0. The zero-order chi connectivity index (χ0) is 18.4. The molecule has 0 saturated carbocycles. The number of aliphatic hydroxyl groups excluding tert-OH is 1. The molecule has 0 spiro atoms. The zero-order valence-electron chi connectivity index (χ0n) is 16.4. The van der Waals surface area contributed by atoms with Crippen LogP contribution in [0, 0.1) is 0 Å². The van der Waals surface area contributed by atoms with E-state index in [4.69, 9.17) is 23.7 Å². The summed E-state index contributed by atoms with van der Waals surface area (Å²) in [5, 5.41) is 10.8. The minimum Gasteiger partial charge on any atom is -0.387 e. The summed E-state index contributed by atoms with van der Waals surface area (Å²) < 4.78 is 29.5. The van der Waals surface area contributed by atoms with Crippen molar-refractivity contribution in [2.45, 2.75) is 111 Å². The molecule has 0 radical (unpaired) electrons. The van der Waals surface area contributed by atoms with Crippen molar-refractivity contribution in [3.05, 3.63) is 0 Å². The van der Waals surface area contributed by atoms with E-state index in [2.05, 4.69) is 0 Å². The van der Waals surface area contributed by atoms with Crippen molar-refractivity contribution in [2.75, 3.05) is 6.61 Å². The van der Waals surface area contributed by atoms with E-state index in [-0.39, 0.29) is 31.0 Å². The molecule has 24 heavy (non-hydrogen) atoms. The standard InChI is InChI=1S/C18H36O6/c1-10(2)20-9-14-15(19)16(21-11(3)4)17(22-12(5)6)18(24-14)23-13(7)8/h10-19H,9H2,1-8H3. The third kappa shape index (κ3) is 6.94. The molecule has 1 N–H and O–H groups in total. The molecule has 1 rings (SSSR count). The fourth-order valence-electron chi connectivity index (χ4n) is 2.62. The van der Waals surface area contributed by atoms with Crippen molar-refractivity contribution in [3.63, 3.8) is 0 Å². The Bertz CT molecular complexity index is 344. The summed E-state index contributed by atoms with van der Waals surface area (Å²) in [6.45, 7) is 15.8. The molecule has 0 aromatic carbocycles. The van der Waals surface area contributed by atoms with Gasteiger partial charge in [-0.3, -0.25) is 0 Å². The Morgan fingerprint density at radius 2 is 1.25 bits per heavy atom. The molecule has 144 valence electrons. The average Bonchev–Trinajstić information content (AvgIpc) is 2.42. The first-order chi connectivity index (χ1) is 11.1. The van der Waals surface area contributed by atoms with Gasteiger partial charge in [-0.1, -0.05) is 0 Å². The Morgan fingerprint density at radius 3 is 1.71 bits per heavy atom. The van der Waals surface area contributed by atoms with E-state index in [1.807, 2.05) is 55.4 Å². The summed E-state index contributed by atoms with van der Waals surface area (Å²) in [5.74, 6) is 0. The molecule has 0 bridgehead atoms. The summed E-state index contributed by atoms with van der Waals surface area (Å²) in [6, 6.07) is 0. The molecule has 5 unspecified atom stereocenters. The fourth-order valence-corrected chi connectivity index (χ4v) is 2.62. The number of hydrogen-bond donors (Lipinski definition) is 1. The lowest BCUT2D eigenvalue weighted by molar-refractivity contribution is -0.332. The Kier molecular flexibility index (Phi) is 9.12. The monoisotopic (exact) mass is 348 g/mol. The Balaban J connectivity index is 2.98. The van der Waals surface area contributed by atoms with E-state index in [1.54, 1.807) is 0 Å². The van der Waals surface area contributed by atoms with Crippen molar-refractivity contribution in [3.8, 4) is 0 Å². The molecular formula is C18H36O6. The van der Waals surface area contributed by atoms with Gasteiger partial charge in [0.25, 0.3) is 0 Å². The molecule has 1 heterocycles. The first kappa shape index (κ1) is 21.8. The normalized spacial score (nSPS) is 31.6. The molecule has 6 nitrogen and oxygen atoms in total. The summed E-state index contributed by atoms with van der Waals surface area (Å²) in [6.07, 6.45) is -3.08. The van der Waals surface area contributed by atoms with Crippen LogP contribution in [0.15, 0.2) is 0 Å². The molecule has 0 amide bonds. The van der Waals surface area contributed by atoms with E-state index in [0.29, 0.717) is 0 Å². The van der Waals surface area contributed by atoms with Gasteiger partial charge < -0.3 is 28.8 Å². The number of hydrogen-bond acceptors (Lipinski definition) is 6. The van der Waals surface area contributed by atoms with Crippen LogP contribution in [-0.2, 0) is 23.7 Å². The van der Waals surface area contributed by atoms with Crippen LogP contribution >= 0.6 is 0 Å². The van der Waals surface area contributed by atoms with E-state index >= 15 is 0 Å². The Hall–Kier alpha value is -0.240. The van der Waals surface area contributed by atoms with Crippen LogP contribution in [0.25, 0.3) is 0 Å². The van der Waals surface area contributed by atoms with Gasteiger partial charge in [0, 0.05) is 0 Å². The SMILES string of the molecule is CC(C)OCC1OC(OC(C)C)C(OC(C)C)C(OC(C)C)C1O. The third-order valence-electron chi connectivity index (χ3n) is 3.48. The second-order valence-electron chi connectivity index (χ2n) is 7.40. The second-order valence-corrected chi connectivity index (χ2v) is 7.40. The van der Waals surface area contributed by atoms with Gasteiger partial charge in [-0.2, -0.15) is 0 Å². The van der Waals surface area contributed by atoms with Gasteiger partial charge in [-0.05, 0) is 55.4 Å². The Morgan fingerprint density at radius 1 is 0.750 bits per heavy atom. The van der Waals surface area contributed by atoms with Gasteiger partial charge in [-0.25, -0.2) is 0 Å². The predicted molar refractivity (Wildman–Crippen MR) is 92.0 cm³/mol. The highest BCUT2D eigenvalue weighted by atomic mass is 16.7. The maximum Gasteiger partial charge on any atom is 0.187 e. The van der Waals surface area contributed by atoms with E-state index < -0.39 is 30.7 Å². The summed E-state index contributed by atoms with van der Waals surface area (Å²) in [4.78, 5) is 0. The van der Waals surface area contributed by atoms with Crippen LogP contribution in [0.4, 0.5) is 0 Å². The van der Waals surface area contributed by atoms with E-state index in [0.717, 1.165) is 0 Å². The van der Waals surface area contributed by atoms with Crippen molar-refractivity contribution in [2.24, 2.45) is 0 Å². The molecule has 5 atom stereocenters. The van der Waals surface area contributed by atoms with Gasteiger partial charge >= 0.3 is 0 Å². The highest BCUT2D eigenvalue weighted by molar-refractivity contribution is 4.92. The van der Waals surface area contributed by atoms with Gasteiger partial charge in [0.15, 0.2) is 6.29 Å². The van der Waals surface area contributed by atoms with E-state index in [9.17, 15) is 5.11 Å². The van der Waals surface area contributed by atoms with Crippen LogP contribution in [0.3, 0.4) is 0 Å². The van der Waals surface area contributed by atoms with Crippen molar-refractivity contribution in [1.29, 1.82) is 0 Å². The number of rotatable bonds is 9. The number of ether oxygens (including phenoxy) is 5. The molecule has 6 heteroatoms. The minimum absolute atomic E-state index is 0.0325. The largest absolute Gasteiger partial charge is 0.387 e. The minimum atomic E-state index is -0.845.